The van der Waals surface area contributed by atoms with Crippen molar-refractivity contribution in [3.05, 3.63) is 34.9 Å². The van der Waals surface area contributed by atoms with E-state index in [9.17, 15) is 9.90 Å². The van der Waals surface area contributed by atoms with Crippen LogP contribution in [0, 0.1) is 0 Å². The number of aliphatic carboxylic acids is 1. The maximum atomic E-state index is 11.7. The van der Waals surface area contributed by atoms with Gasteiger partial charge in [-0.15, -0.1) is 0 Å². The van der Waals surface area contributed by atoms with E-state index in [2.05, 4.69) is 5.32 Å². The lowest BCUT2D eigenvalue weighted by atomic mass is 9.88. The van der Waals surface area contributed by atoms with Crippen LogP contribution in [0.4, 0.5) is 0 Å². The number of benzene rings is 1. The van der Waals surface area contributed by atoms with Crippen LogP contribution in [-0.4, -0.2) is 22.7 Å². The normalized spacial score (nSPS) is 19.5. The number of rotatable bonds is 5. The van der Waals surface area contributed by atoms with E-state index in [4.69, 9.17) is 11.6 Å². The highest BCUT2D eigenvalue weighted by Gasteiger charge is 2.35. The maximum Gasteiger partial charge on any atom is 0.323 e. The van der Waals surface area contributed by atoms with E-state index >= 15 is 0 Å². The molecule has 0 bridgehead atoms. The van der Waals surface area contributed by atoms with Gasteiger partial charge >= 0.3 is 5.97 Å². The third kappa shape index (κ3) is 3.97. The lowest BCUT2D eigenvalue weighted by Crippen LogP contribution is -2.55. The molecule has 0 heterocycles. The summed E-state index contributed by atoms with van der Waals surface area (Å²) in [5, 5.41) is 13.6. The van der Waals surface area contributed by atoms with Crippen LogP contribution in [0.15, 0.2) is 24.3 Å². The molecule has 110 valence electrons. The van der Waals surface area contributed by atoms with E-state index in [0.717, 1.165) is 18.4 Å². The van der Waals surface area contributed by atoms with Gasteiger partial charge in [-0.05, 0) is 37.5 Å². The van der Waals surface area contributed by atoms with E-state index in [-0.39, 0.29) is 0 Å². The Morgan fingerprint density at radius 3 is 2.45 bits per heavy atom. The summed E-state index contributed by atoms with van der Waals surface area (Å²) < 4.78 is 0. The predicted molar refractivity (Wildman–Crippen MR) is 81.2 cm³/mol. The summed E-state index contributed by atoms with van der Waals surface area (Å²) in [6.07, 6.45) is 6.25. The smallest absolute Gasteiger partial charge is 0.323 e. The fraction of sp³-hybridized carbons (Fsp3) is 0.562. The first-order valence-electron chi connectivity index (χ1n) is 7.25. The van der Waals surface area contributed by atoms with Crippen LogP contribution in [0.25, 0.3) is 0 Å². The Bertz CT molecular complexity index is 454. The van der Waals surface area contributed by atoms with Gasteiger partial charge in [0.1, 0.15) is 5.54 Å². The van der Waals surface area contributed by atoms with E-state index in [1.807, 2.05) is 12.1 Å². The molecule has 0 aliphatic heterocycles. The highest BCUT2D eigenvalue weighted by atomic mass is 35.5. The van der Waals surface area contributed by atoms with Gasteiger partial charge < -0.3 is 5.11 Å². The quantitative estimate of drug-likeness (QED) is 0.872. The molecule has 1 saturated carbocycles. The molecule has 0 aromatic heterocycles. The number of carbonyl (C=O) groups is 1. The van der Waals surface area contributed by atoms with Gasteiger partial charge in [0, 0.05) is 17.5 Å². The Morgan fingerprint density at radius 1 is 1.30 bits per heavy atom. The lowest BCUT2D eigenvalue weighted by molar-refractivity contribution is -0.144. The fourth-order valence-electron chi connectivity index (χ4n) is 2.90. The molecular formula is C16H22ClNO2. The van der Waals surface area contributed by atoms with Crippen molar-refractivity contribution in [3.8, 4) is 0 Å². The molecule has 0 amide bonds. The number of halogens is 1. The fourth-order valence-corrected chi connectivity index (χ4v) is 3.02. The van der Waals surface area contributed by atoms with E-state index in [1.54, 1.807) is 19.1 Å². The highest BCUT2D eigenvalue weighted by Crippen LogP contribution is 2.23. The van der Waals surface area contributed by atoms with Crippen molar-refractivity contribution in [2.24, 2.45) is 0 Å². The second-order valence-corrected chi connectivity index (χ2v) is 6.36. The molecule has 0 saturated heterocycles. The van der Waals surface area contributed by atoms with Crippen molar-refractivity contribution in [2.75, 3.05) is 0 Å². The van der Waals surface area contributed by atoms with Crippen molar-refractivity contribution in [1.82, 2.24) is 5.32 Å². The molecule has 4 heteroatoms. The standard InChI is InChI=1S/C16H22ClNO2/c1-16(15(19)20,18-14-5-3-2-4-6-14)11-12-7-9-13(17)10-8-12/h7-10,14,18H,2-6,11H2,1H3,(H,19,20). The zero-order chi connectivity index (χ0) is 14.6. The Balaban J connectivity index is 2.07. The highest BCUT2D eigenvalue weighted by molar-refractivity contribution is 6.30. The summed E-state index contributed by atoms with van der Waals surface area (Å²) in [5.41, 5.74) is 0.0677. The summed E-state index contributed by atoms with van der Waals surface area (Å²) >= 11 is 5.87. The maximum absolute atomic E-state index is 11.7. The number of carboxylic acids is 1. The summed E-state index contributed by atoms with van der Waals surface area (Å²) in [6.45, 7) is 1.78. The summed E-state index contributed by atoms with van der Waals surface area (Å²) in [6, 6.07) is 7.72. The van der Waals surface area contributed by atoms with Crippen LogP contribution in [-0.2, 0) is 11.2 Å². The molecule has 2 rings (SSSR count). The molecule has 1 atom stereocenters. The Hall–Kier alpha value is -1.06. The van der Waals surface area contributed by atoms with Crippen molar-refractivity contribution in [2.45, 2.75) is 57.0 Å². The molecule has 1 unspecified atom stereocenters. The first kappa shape index (κ1) is 15.3. The Kier molecular flexibility index (Phi) is 5.06. The summed E-state index contributed by atoms with van der Waals surface area (Å²) in [7, 11) is 0. The molecule has 1 aromatic carbocycles. The third-order valence-electron chi connectivity index (χ3n) is 4.07. The third-order valence-corrected chi connectivity index (χ3v) is 4.32. The summed E-state index contributed by atoms with van der Waals surface area (Å²) in [5.74, 6) is -0.793. The molecule has 2 N–H and O–H groups in total. The molecule has 3 nitrogen and oxygen atoms in total. The average molecular weight is 296 g/mol. The van der Waals surface area contributed by atoms with Gasteiger partial charge in [-0.3, -0.25) is 10.1 Å². The minimum absolute atomic E-state index is 0.317. The topological polar surface area (TPSA) is 49.3 Å². The van der Waals surface area contributed by atoms with Crippen molar-refractivity contribution in [1.29, 1.82) is 0 Å². The van der Waals surface area contributed by atoms with Gasteiger partial charge in [0.25, 0.3) is 0 Å². The van der Waals surface area contributed by atoms with Crippen LogP contribution >= 0.6 is 11.6 Å². The number of carboxylic acid groups (broad SMARTS) is 1. The molecule has 1 fully saturated rings. The lowest BCUT2D eigenvalue weighted by Gasteiger charge is -2.33. The van der Waals surface area contributed by atoms with Crippen molar-refractivity contribution < 1.29 is 9.90 Å². The van der Waals surface area contributed by atoms with Gasteiger partial charge in [-0.2, -0.15) is 0 Å². The van der Waals surface area contributed by atoms with E-state index in [1.165, 1.54) is 19.3 Å². The molecular weight excluding hydrogens is 274 g/mol. The molecule has 20 heavy (non-hydrogen) atoms. The van der Waals surface area contributed by atoms with Crippen LogP contribution < -0.4 is 5.32 Å². The van der Waals surface area contributed by atoms with Crippen LogP contribution in [0.3, 0.4) is 0 Å². The molecule has 1 aromatic rings. The van der Waals surface area contributed by atoms with Gasteiger partial charge in [-0.25, -0.2) is 0 Å². The van der Waals surface area contributed by atoms with E-state index in [0.29, 0.717) is 17.5 Å². The number of hydrogen-bond donors (Lipinski definition) is 2. The summed E-state index contributed by atoms with van der Waals surface area (Å²) in [4.78, 5) is 11.7. The Labute approximate surface area is 125 Å². The van der Waals surface area contributed by atoms with E-state index < -0.39 is 11.5 Å². The number of hydrogen-bond acceptors (Lipinski definition) is 2. The zero-order valence-electron chi connectivity index (χ0n) is 11.9. The Morgan fingerprint density at radius 2 is 1.90 bits per heavy atom. The first-order chi connectivity index (χ1) is 9.49. The average Bonchev–Trinajstić information content (AvgIpc) is 2.42. The first-order valence-corrected chi connectivity index (χ1v) is 7.63. The minimum atomic E-state index is -0.921. The monoisotopic (exact) mass is 295 g/mol. The SMILES string of the molecule is CC(Cc1ccc(Cl)cc1)(NC1CCCCC1)C(=O)O. The van der Waals surface area contributed by atoms with Gasteiger partial charge in [0.15, 0.2) is 0 Å². The largest absolute Gasteiger partial charge is 0.480 e. The van der Waals surface area contributed by atoms with Gasteiger partial charge in [0.2, 0.25) is 0 Å². The second kappa shape index (κ2) is 6.59. The van der Waals surface area contributed by atoms with Gasteiger partial charge in [0.05, 0.1) is 0 Å². The molecule has 1 aliphatic carbocycles. The second-order valence-electron chi connectivity index (χ2n) is 5.92. The van der Waals surface area contributed by atoms with Crippen molar-refractivity contribution in [3.63, 3.8) is 0 Å². The minimum Gasteiger partial charge on any atom is -0.480 e. The molecule has 0 radical (unpaired) electrons. The van der Waals surface area contributed by atoms with Crippen LogP contribution in [0.1, 0.15) is 44.6 Å². The van der Waals surface area contributed by atoms with Crippen molar-refractivity contribution >= 4 is 17.6 Å². The molecule has 1 aliphatic rings. The zero-order valence-corrected chi connectivity index (χ0v) is 12.6. The predicted octanol–water partition coefficient (Wildman–Crippen LogP) is 3.65. The number of nitrogens with one attached hydrogen (secondary N) is 1. The molecule has 0 spiro atoms. The van der Waals surface area contributed by atoms with Crippen LogP contribution in [0.5, 0.6) is 0 Å². The van der Waals surface area contributed by atoms with Crippen LogP contribution in [0.2, 0.25) is 5.02 Å². The van der Waals surface area contributed by atoms with Gasteiger partial charge in [-0.1, -0.05) is 43.0 Å².